The van der Waals surface area contributed by atoms with Crippen molar-refractivity contribution in [1.29, 1.82) is 0 Å². The molecular weight excluding hydrogens is 421 g/mol. The minimum Gasteiger partial charge on any atom is -0.493 e. The topological polar surface area (TPSA) is 64.6 Å². The van der Waals surface area contributed by atoms with Crippen LogP contribution >= 0.6 is 22.6 Å². The smallest absolute Gasteiger partial charge is 0.309 e. The summed E-state index contributed by atoms with van der Waals surface area (Å²) in [6, 6.07) is 14.9. The molecule has 0 heterocycles. The number of rotatable bonds is 7. The Hall–Kier alpha value is -2.09. The molecule has 0 unspecified atom stereocenters. The Bertz CT molecular complexity index is 700. The molecule has 6 heteroatoms. The molecule has 0 atom stereocenters. The molecule has 0 aliphatic carbocycles. The Labute approximate surface area is 154 Å². The van der Waals surface area contributed by atoms with E-state index in [1.165, 1.54) is 0 Å². The first-order chi connectivity index (χ1) is 11.5. The fraction of sp³-hybridized carbons (Fsp3) is 0.222. The van der Waals surface area contributed by atoms with Crippen LogP contribution in [0.25, 0.3) is 0 Å². The Morgan fingerprint density at radius 3 is 2.50 bits per heavy atom. The highest BCUT2D eigenvalue weighted by molar-refractivity contribution is 14.1. The summed E-state index contributed by atoms with van der Waals surface area (Å²) in [5, 5.41) is 2.66. The number of hydrogen-bond acceptors (Lipinski definition) is 4. The molecular formula is C18H18INO4. The summed E-state index contributed by atoms with van der Waals surface area (Å²) in [5.41, 5.74) is 1.67. The molecule has 0 radical (unpaired) electrons. The van der Waals surface area contributed by atoms with Crippen molar-refractivity contribution in [2.75, 3.05) is 18.5 Å². The van der Waals surface area contributed by atoms with Crippen LogP contribution in [0.3, 0.4) is 0 Å². The number of aryl methyl sites for hydroxylation is 1. The monoisotopic (exact) mass is 439 g/mol. The van der Waals surface area contributed by atoms with Gasteiger partial charge in [-0.3, -0.25) is 9.59 Å². The Kier molecular flexibility index (Phi) is 7.05. The maximum Gasteiger partial charge on any atom is 0.309 e. The van der Waals surface area contributed by atoms with E-state index < -0.39 is 5.97 Å². The highest BCUT2D eigenvalue weighted by Crippen LogP contribution is 2.16. The Morgan fingerprint density at radius 1 is 1.08 bits per heavy atom. The van der Waals surface area contributed by atoms with E-state index in [0.717, 1.165) is 14.9 Å². The van der Waals surface area contributed by atoms with Crippen LogP contribution in [-0.4, -0.2) is 25.1 Å². The summed E-state index contributed by atoms with van der Waals surface area (Å²) in [7, 11) is 0. The third kappa shape index (κ3) is 6.19. The van der Waals surface area contributed by atoms with Crippen molar-refractivity contribution in [3.8, 4) is 5.75 Å². The van der Waals surface area contributed by atoms with Gasteiger partial charge in [-0.1, -0.05) is 18.2 Å². The zero-order valence-corrected chi connectivity index (χ0v) is 15.4. The number of benzene rings is 2. The maximum absolute atomic E-state index is 11.7. The molecule has 0 bridgehead atoms. The van der Waals surface area contributed by atoms with Crippen molar-refractivity contribution >= 4 is 40.2 Å². The van der Waals surface area contributed by atoms with Gasteiger partial charge < -0.3 is 14.8 Å². The lowest BCUT2D eigenvalue weighted by atomic mass is 10.2. The average Bonchev–Trinajstić information content (AvgIpc) is 2.57. The van der Waals surface area contributed by atoms with Crippen LogP contribution in [0.2, 0.25) is 0 Å². The van der Waals surface area contributed by atoms with Crippen molar-refractivity contribution in [2.45, 2.75) is 13.3 Å². The van der Waals surface area contributed by atoms with E-state index >= 15 is 0 Å². The van der Waals surface area contributed by atoms with Crippen LogP contribution in [0.4, 0.5) is 5.69 Å². The molecule has 0 spiro atoms. The van der Waals surface area contributed by atoms with Gasteiger partial charge in [0.25, 0.3) is 5.91 Å². The lowest BCUT2D eigenvalue weighted by Crippen LogP contribution is -2.21. The summed E-state index contributed by atoms with van der Waals surface area (Å²) in [6.07, 6.45) is 0.0884. The molecule has 5 nitrogen and oxygen atoms in total. The van der Waals surface area contributed by atoms with Crippen LogP contribution in [0.5, 0.6) is 5.75 Å². The molecule has 0 aliphatic rings. The van der Waals surface area contributed by atoms with Gasteiger partial charge in [0.2, 0.25) is 0 Å². The quantitative estimate of drug-likeness (QED) is 0.530. The summed E-state index contributed by atoms with van der Waals surface area (Å²) in [5.74, 6) is -0.104. The molecule has 0 saturated heterocycles. The first-order valence-electron chi connectivity index (χ1n) is 7.44. The van der Waals surface area contributed by atoms with E-state index in [2.05, 4.69) is 27.9 Å². The highest BCUT2D eigenvalue weighted by atomic mass is 127. The number of nitrogens with one attached hydrogen (secondary N) is 1. The van der Waals surface area contributed by atoms with E-state index in [1.54, 1.807) is 12.1 Å². The van der Waals surface area contributed by atoms with Crippen molar-refractivity contribution in [2.24, 2.45) is 0 Å². The summed E-state index contributed by atoms with van der Waals surface area (Å²) in [6.45, 7) is 1.83. The second kappa shape index (κ2) is 9.27. The third-order valence-electron chi connectivity index (χ3n) is 3.15. The van der Waals surface area contributed by atoms with Crippen LogP contribution < -0.4 is 10.1 Å². The molecule has 1 N–H and O–H groups in total. The molecule has 0 saturated carbocycles. The lowest BCUT2D eigenvalue weighted by Gasteiger charge is -2.09. The molecule has 2 aromatic carbocycles. The number of esters is 1. The fourth-order valence-electron chi connectivity index (χ4n) is 1.91. The number of carbonyl (C=O) groups is 2. The van der Waals surface area contributed by atoms with Gasteiger partial charge in [0.1, 0.15) is 5.75 Å². The van der Waals surface area contributed by atoms with Crippen LogP contribution in [-0.2, 0) is 14.3 Å². The van der Waals surface area contributed by atoms with E-state index in [-0.39, 0.29) is 25.5 Å². The van der Waals surface area contributed by atoms with Gasteiger partial charge in [-0.25, -0.2) is 0 Å². The predicted octanol–water partition coefficient (Wildman–Crippen LogP) is 3.55. The summed E-state index contributed by atoms with van der Waals surface area (Å²) < 4.78 is 11.5. The van der Waals surface area contributed by atoms with Gasteiger partial charge in [0, 0.05) is 9.26 Å². The number of para-hydroxylation sites is 1. The molecule has 2 rings (SSSR count). The average molecular weight is 439 g/mol. The second-order valence-corrected chi connectivity index (χ2v) is 6.33. The highest BCUT2D eigenvalue weighted by Gasteiger charge is 2.08. The number of halogens is 1. The molecule has 2 aromatic rings. The number of ether oxygens (including phenoxy) is 2. The normalized spacial score (nSPS) is 10.1. The zero-order chi connectivity index (χ0) is 17.4. The van der Waals surface area contributed by atoms with E-state index in [9.17, 15) is 9.59 Å². The lowest BCUT2D eigenvalue weighted by molar-refractivity contribution is -0.147. The first-order valence-corrected chi connectivity index (χ1v) is 8.52. The number of amides is 1. The molecule has 0 aromatic heterocycles. The molecule has 0 aliphatic heterocycles. The van der Waals surface area contributed by atoms with Crippen molar-refractivity contribution in [3.63, 3.8) is 0 Å². The van der Waals surface area contributed by atoms with Crippen molar-refractivity contribution < 1.29 is 19.1 Å². The first kappa shape index (κ1) is 18.3. The van der Waals surface area contributed by atoms with Gasteiger partial charge in [0.15, 0.2) is 6.61 Å². The van der Waals surface area contributed by atoms with Gasteiger partial charge in [-0.05, 0) is 65.4 Å². The standard InChI is InChI=1S/C18H18INO4/c1-13-4-2-3-5-16(13)23-11-10-18(22)24-12-17(21)20-15-8-6-14(19)7-9-15/h2-9H,10-12H2,1H3,(H,20,21). The van der Waals surface area contributed by atoms with E-state index in [0.29, 0.717) is 5.69 Å². The largest absolute Gasteiger partial charge is 0.493 e. The Morgan fingerprint density at radius 2 is 1.79 bits per heavy atom. The van der Waals surface area contributed by atoms with Gasteiger partial charge in [-0.2, -0.15) is 0 Å². The number of hydrogen-bond donors (Lipinski definition) is 1. The van der Waals surface area contributed by atoms with E-state index in [1.807, 2.05) is 43.3 Å². The minimum absolute atomic E-state index is 0.0884. The Balaban J connectivity index is 1.66. The van der Waals surface area contributed by atoms with Crippen LogP contribution in [0, 0.1) is 10.5 Å². The summed E-state index contributed by atoms with van der Waals surface area (Å²) >= 11 is 2.18. The maximum atomic E-state index is 11.7. The molecule has 24 heavy (non-hydrogen) atoms. The second-order valence-electron chi connectivity index (χ2n) is 5.08. The van der Waals surface area contributed by atoms with Gasteiger partial charge in [-0.15, -0.1) is 0 Å². The van der Waals surface area contributed by atoms with Gasteiger partial charge in [0.05, 0.1) is 13.0 Å². The summed E-state index contributed by atoms with van der Waals surface area (Å²) in [4.78, 5) is 23.4. The number of carbonyl (C=O) groups excluding carboxylic acids is 2. The zero-order valence-electron chi connectivity index (χ0n) is 13.3. The van der Waals surface area contributed by atoms with Crippen LogP contribution in [0.1, 0.15) is 12.0 Å². The number of anilines is 1. The molecule has 126 valence electrons. The predicted molar refractivity (Wildman–Crippen MR) is 100 cm³/mol. The third-order valence-corrected chi connectivity index (χ3v) is 3.87. The van der Waals surface area contributed by atoms with Crippen molar-refractivity contribution in [3.05, 3.63) is 57.7 Å². The van der Waals surface area contributed by atoms with Crippen LogP contribution in [0.15, 0.2) is 48.5 Å². The van der Waals surface area contributed by atoms with Gasteiger partial charge >= 0.3 is 5.97 Å². The molecule has 1 amide bonds. The minimum atomic E-state index is -0.471. The molecule has 0 fully saturated rings. The SMILES string of the molecule is Cc1ccccc1OCCC(=O)OCC(=O)Nc1ccc(I)cc1. The fourth-order valence-corrected chi connectivity index (χ4v) is 2.27. The van der Waals surface area contributed by atoms with E-state index in [4.69, 9.17) is 9.47 Å². The van der Waals surface area contributed by atoms with Crippen molar-refractivity contribution in [1.82, 2.24) is 0 Å².